The van der Waals surface area contributed by atoms with Gasteiger partial charge in [-0.1, -0.05) is 26.8 Å². The molecule has 0 radical (unpaired) electrons. The predicted octanol–water partition coefficient (Wildman–Crippen LogP) is 1.30. The number of carbonyl (C=O) groups is 1. The van der Waals surface area contributed by atoms with Crippen molar-refractivity contribution in [3.63, 3.8) is 0 Å². The van der Waals surface area contributed by atoms with Gasteiger partial charge in [0.1, 0.15) is 11.9 Å². The molecule has 1 aromatic carbocycles. The highest BCUT2D eigenvalue weighted by molar-refractivity contribution is 5.97. The number of hydrogen-bond donors (Lipinski definition) is 4. The second-order valence-electron chi connectivity index (χ2n) is 6.70. The van der Waals surface area contributed by atoms with Crippen LogP contribution in [0.5, 0.6) is 5.75 Å². The molecule has 2 rings (SSSR count). The monoisotopic (exact) mass is 293 g/mol. The van der Waals surface area contributed by atoms with Crippen LogP contribution in [0.3, 0.4) is 0 Å². The minimum atomic E-state index is -0.957. The second kappa shape index (κ2) is 5.66. The van der Waals surface area contributed by atoms with Gasteiger partial charge in [-0.25, -0.2) is 0 Å². The standard InChI is InChI=1S/C16H23NO4/c1-16(2,3)9-4-6-12(18)10(8-9)15(21)17-11-5-7-13(19)14(11)20/h4,6,8,11,13-14,18-20H,5,7H2,1-3H3,(H,17,21)/t11-,13-,14-/m1/s1. The first-order chi connectivity index (χ1) is 9.70. The minimum absolute atomic E-state index is 0.0893. The maximum absolute atomic E-state index is 12.3. The predicted molar refractivity (Wildman–Crippen MR) is 79.3 cm³/mol. The fourth-order valence-corrected chi connectivity index (χ4v) is 2.55. The van der Waals surface area contributed by atoms with Crippen molar-refractivity contribution in [3.8, 4) is 5.75 Å². The van der Waals surface area contributed by atoms with Gasteiger partial charge in [0.2, 0.25) is 0 Å². The van der Waals surface area contributed by atoms with E-state index < -0.39 is 24.2 Å². The van der Waals surface area contributed by atoms with Crippen molar-refractivity contribution in [1.82, 2.24) is 5.32 Å². The normalized spacial score (nSPS) is 25.9. The Kier molecular flexibility index (Phi) is 4.25. The van der Waals surface area contributed by atoms with Crippen molar-refractivity contribution in [2.24, 2.45) is 0 Å². The van der Waals surface area contributed by atoms with Gasteiger partial charge in [-0.05, 0) is 36.0 Å². The van der Waals surface area contributed by atoms with E-state index in [2.05, 4.69) is 5.32 Å². The molecule has 3 atom stereocenters. The first kappa shape index (κ1) is 15.8. The molecule has 0 heterocycles. The lowest BCUT2D eigenvalue weighted by atomic mass is 9.86. The summed E-state index contributed by atoms with van der Waals surface area (Å²) in [6.07, 6.45) is -0.778. The number of carbonyl (C=O) groups excluding carboxylic acids is 1. The highest BCUT2D eigenvalue weighted by Crippen LogP contribution is 2.28. The van der Waals surface area contributed by atoms with Crippen LogP contribution in [0.1, 0.15) is 49.5 Å². The van der Waals surface area contributed by atoms with Crippen molar-refractivity contribution in [2.45, 2.75) is 57.3 Å². The van der Waals surface area contributed by atoms with Crippen LogP contribution in [0.25, 0.3) is 0 Å². The Morgan fingerprint density at radius 3 is 2.43 bits per heavy atom. The summed E-state index contributed by atoms with van der Waals surface area (Å²) < 4.78 is 0. The highest BCUT2D eigenvalue weighted by Gasteiger charge is 2.34. The Morgan fingerprint density at radius 1 is 1.24 bits per heavy atom. The summed E-state index contributed by atoms with van der Waals surface area (Å²) in [5.41, 5.74) is 1.000. The molecule has 0 aliphatic heterocycles. The molecular weight excluding hydrogens is 270 g/mol. The number of rotatable bonds is 2. The summed E-state index contributed by atoms with van der Waals surface area (Å²) in [6.45, 7) is 6.08. The third kappa shape index (κ3) is 3.36. The molecule has 0 saturated heterocycles. The number of aromatic hydroxyl groups is 1. The molecule has 4 N–H and O–H groups in total. The van der Waals surface area contributed by atoms with Crippen molar-refractivity contribution in [1.29, 1.82) is 0 Å². The van der Waals surface area contributed by atoms with Gasteiger partial charge in [0, 0.05) is 0 Å². The average Bonchev–Trinajstić information content (AvgIpc) is 2.69. The molecule has 1 aromatic rings. The smallest absolute Gasteiger partial charge is 0.255 e. The van der Waals surface area contributed by atoms with Crippen LogP contribution in [0.2, 0.25) is 0 Å². The minimum Gasteiger partial charge on any atom is -0.507 e. The van der Waals surface area contributed by atoms with Gasteiger partial charge >= 0.3 is 0 Å². The summed E-state index contributed by atoms with van der Waals surface area (Å²) in [5, 5.41) is 31.9. The fourth-order valence-electron chi connectivity index (χ4n) is 2.55. The van der Waals surface area contributed by atoms with Gasteiger partial charge in [-0.2, -0.15) is 0 Å². The number of nitrogens with one attached hydrogen (secondary N) is 1. The third-order valence-electron chi connectivity index (χ3n) is 4.00. The Labute approximate surface area is 124 Å². The molecule has 116 valence electrons. The van der Waals surface area contributed by atoms with Gasteiger partial charge in [-0.15, -0.1) is 0 Å². The van der Waals surface area contributed by atoms with E-state index in [0.29, 0.717) is 12.8 Å². The van der Waals surface area contributed by atoms with Gasteiger partial charge in [0.05, 0.1) is 17.7 Å². The van der Waals surface area contributed by atoms with Crippen LogP contribution in [-0.4, -0.2) is 39.5 Å². The Bertz CT molecular complexity index is 536. The first-order valence-corrected chi connectivity index (χ1v) is 7.20. The lowest BCUT2D eigenvalue weighted by Crippen LogP contribution is -2.43. The zero-order valence-electron chi connectivity index (χ0n) is 12.6. The van der Waals surface area contributed by atoms with E-state index in [0.717, 1.165) is 5.56 Å². The van der Waals surface area contributed by atoms with Crippen LogP contribution < -0.4 is 5.32 Å². The molecule has 0 aromatic heterocycles. The van der Waals surface area contributed by atoms with E-state index in [-0.39, 0.29) is 16.7 Å². The summed E-state index contributed by atoms with van der Waals surface area (Å²) in [7, 11) is 0. The van der Waals surface area contributed by atoms with Crippen LogP contribution >= 0.6 is 0 Å². The molecule has 1 aliphatic rings. The molecule has 1 aliphatic carbocycles. The number of benzene rings is 1. The van der Waals surface area contributed by atoms with Crippen LogP contribution in [-0.2, 0) is 5.41 Å². The van der Waals surface area contributed by atoms with E-state index in [1.807, 2.05) is 20.8 Å². The number of aliphatic hydroxyl groups is 2. The summed E-state index contributed by atoms with van der Waals surface area (Å²) in [4.78, 5) is 12.3. The molecule has 0 bridgehead atoms. The summed E-state index contributed by atoms with van der Waals surface area (Å²) >= 11 is 0. The largest absolute Gasteiger partial charge is 0.507 e. The molecule has 5 nitrogen and oxygen atoms in total. The van der Waals surface area contributed by atoms with Crippen molar-refractivity contribution in [3.05, 3.63) is 29.3 Å². The Morgan fingerprint density at radius 2 is 1.90 bits per heavy atom. The Hall–Kier alpha value is -1.59. The molecule has 1 amide bonds. The lowest BCUT2D eigenvalue weighted by molar-refractivity contribution is 0.0296. The quantitative estimate of drug-likeness (QED) is 0.662. The van der Waals surface area contributed by atoms with E-state index in [1.165, 1.54) is 6.07 Å². The van der Waals surface area contributed by atoms with E-state index in [1.54, 1.807) is 12.1 Å². The fraction of sp³-hybridized carbons (Fsp3) is 0.562. The first-order valence-electron chi connectivity index (χ1n) is 7.20. The van der Waals surface area contributed by atoms with Gasteiger partial charge in [0.15, 0.2) is 0 Å². The molecule has 1 saturated carbocycles. The zero-order valence-corrected chi connectivity index (χ0v) is 12.6. The number of hydrogen-bond acceptors (Lipinski definition) is 4. The maximum Gasteiger partial charge on any atom is 0.255 e. The molecule has 5 heteroatoms. The molecular formula is C16H23NO4. The Balaban J connectivity index is 2.19. The van der Waals surface area contributed by atoms with Crippen LogP contribution in [0, 0.1) is 0 Å². The van der Waals surface area contributed by atoms with E-state index in [4.69, 9.17) is 0 Å². The van der Waals surface area contributed by atoms with Gasteiger partial charge < -0.3 is 20.6 Å². The van der Waals surface area contributed by atoms with Crippen molar-refractivity contribution in [2.75, 3.05) is 0 Å². The molecule has 0 spiro atoms. The van der Waals surface area contributed by atoms with E-state index in [9.17, 15) is 20.1 Å². The topological polar surface area (TPSA) is 89.8 Å². The summed E-state index contributed by atoms with van der Waals surface area (Å²) in [6, 6.07) is 4.49. The van der Waals surface area contributed by atoms with Crippen LogP contribution in [0.4, 0.5) is 0 Å². The molecule has 0 unspecified atom stereocenters. The SMILES string of the molecule is CC(C)(C)c1ccc(O)c(C(=O)N[C@@H]2CC[C@@H](O)[C@@H]2O)c1. The number of phenols is 1. The zero-order chi connectivity index (χ0) is 15.8. The summed E-state index contributed by atoms with van der Waals surface area (Å²) in [5.74, 6) is -0.523. The molecule has 21 heavy (non-hydrogen) atoms. The average molecular weight is 293 g/mol. The van der Waals surface area contributed by atoms with E-state index >= 15 is 0 Å². The number of phenolic OH excluding ortho intramolecular Hbond substituents is 1. The highest BCUT2D eigenvalue weighted by atomic mass is 16.3. The van der Waals surface area contributed by atoms with Gasteiger partial charge in [-0.3, -0.25) is 4.79 Å². The third-order valence-corrected chi connectivity index (χ3v) is 4.00. The van der Waals surface area contributed by atoms with Crippen molar-refractivity contribution < 1.29 is 20.1 Å². The second-order valence-corrected chi connectivity index (χ2v) is 6.70. The number of aliphatic hydroxyl groups excluding tert-OH is 2. The van der Waals surface area contributed by atoms with Crippen LogP contribution in [0.15, 0.2) is 18.2 Å². The maximum atomic E-state index is 12.3. The lowest BCUT2D eigenvalue weighted by Gasteiger charge is -2.21. The van der Waals surface area contributed by atoms with Gasteiger partial charge in [0.25, 0.3) is 5.91 Å². The number of amides is 1. The molecule has 1 fully saturated rings. The van der Waals surface area contributed by atoms with Crippen molar-refractivity contribution >= 4 is 5.91 Å².